The lowest BCUT2D eigenvalue weighted by atomic mass is 9.96. The normalized spacial score (nSPS) is 15.5. The molecule has 0 radical (unpaired) electrons. The van der Waals surface area contributed by atoms with Gasteiger partial charge in [0.2, 0.25) is 0 Å². The zero-order valence-electron chi connectivity index (χ0n) is 15.2. The van der Waals surface area contributed by atoms with Crippen LogP contribution >= 0.6 is 0 Å². The molecule has 3 rings (SSSR count). The molecule has 0 spiro atoms. The van der Waals surface area contributed by atoms with Gasteiger partial charge in [-0.2, -0.15) is 0 Å². The van der Waals surface area contributed by atoms with Gasteiger partial charge in [0, 0.05) is 24.6 Å². The standard InChI is InChI=1S/C19H23N3O4/c1-19(2,3)18(25)26-12-21-10-13(20-11-21)8-9-22-16(23)14-6-4-5-7-15(14)17(22)24/h4-7,10-11,18,25H,8-9,12H2,1-3H3. The molecule has 7 nitrogen and oxygen atoms in total. The number of aliphatic hydroxyl groups is 1. The van der Waals surface area contributed by atoms with Crippen molar-refractivity contribution in [3.05, 3.63) is 53.6 Å². The molecule has 138 valence electrons. The third kappa shape index (κ3) is 3.68. The minimum Gasteiger partial charge on any atom is -0.367 e. The average molecular weight is 357 g/mol. The predicted molar refractivity (Wildman–Crippen MR) is 94.3 cm³/mol. The fourth-order valence-corrected chi connectivity index (χ4v) is 2.68. The van der Waals surface area contributed by atoms with E-state index in [-0.39, 0.29) is 30.5 Å². The van der Waals surface area contributed by atoms with Crippen LogP contribution in [0, 0.1) is 5.41 Å². The second-order valence-electron chi connectivity index (χ2n) is 7.45. The maximum absolute atomic E-state index is 12.3. The molecule has 1 aromatic heterocycles. The van der Waals surface area contributed by atoms with Crippen molar-refractivity contribution in [3.8, 4) is 0 Å². The second kappa shape index (κ2) is 7.01. The number of aliphatic hydroxyl groups excluding tert-OH is 1. The fraction of sp³-hybridized carbons (Fsp3) is 0.421. The van der Waals surface area contributed by atoms with Crippen LogP contribution in [0.15, 0.2) is 36.8 Å². The summed E-state index contributed by atoms with van der Waals surface area (Å²) >= 11 is 0. The molecule has 0 fully saturated rings. The fourth-order valence-electron chi connectivity index (χ4n) is 2.68. The van der Waals surface area contributed by atoms with E-state index < -0.39 is 6.29 Å². The van der Waals surface area contributed by atoms with Gasteiger partial charge in [0.1, 0.15) is 6.73 Å². The lowest BCUT2D eigenvalue weighted by Crippen LogP contribution is -2.31. The molecule has 0 saturated heterocycles. The molecule has 2 amide bonds. The van der Waals surface area contributed by atoms with Gasteiger partial charge in [-0.1, -0.05) is 32.9 Å². The number of hydrogen-bond donors (Lipinski definition) is 1. The number of imidazole rings is 1. The summed E-state index contributed by atoms with van der Waals surface area (Å²) in [5, 5.41) is 9.91. The molecule has 1 aliphatic heterocycles. The average Bonchev–Trinajstić information content (AvgIpc) is 3.14. The maximum Gasteiger partial charge on any atom is 0.261 e. The molecule has 2 heterocycles. The van der Waals surface area contributed by atoms with E-state index in [0.29, 0.717) is 17.5 Å². The van der Waals surface area contributed by atoms with Crippen LogP contribution < -0.4 is 0 Å². The molecule has 7 heteroatoms. The molecule has 1 unspecified atom stereocenters. The Morgan fingerprint density at radius 3 is 2.35 bits per heavy atom. The summed E-state index contributed by atoms with van der Waals surface area (Å²) in [6.07, 6.45) is 2.97. The van der Waals surface area contributed by atoms with E-state index >= 15 is 0 Å². The van der Waals surface area contributed by atoms with Gasteiger partial charge >= 0.3 is 0 Å². The Balaban J connectivity index is 1.56. The van der Waals surface area contributed by atoms with Gasteiger partial charge in [0.05, 0.1) is 23.1 Å². The molecule has 2 aromatic rings. The minimum absolute atomic E-state index is 0.179. The van der Waals surface area contributed by atoms with Gasteiger partial charge in [-0.3, -0.25) is 14.5 Å². The molecular formula is C19H23N3O4. The van der Waals surface area contributed by atoms with Gasteiger partial charge in [-0.25, -0.2) is 4.98 Å². The van der Waals surface area contributed by atoms with E-state index in [4.69, 9.17) is 4.74 Å². The number of amides is 2. The largest absolute Gasteiger partial charge is 0.367 e. The topological polar surface area (TPSA) is 84.7 Å². The predicted octanol–water partition coefficient (Wildman–Crippen LogP) is 2.06. The minimum atomic E-state index is -0.883. The molecule has 1 aromatic carbocycles. The van der Waals surface area contributed by atoms with Crippen molar-refractivity contribution in [2.75, 3.05) is 6.54 Å². The van der Waals surface area contributed by atoms with Gasteiger partial charge < -0.3 is 14.4 Å². The van der Waals surface area contributed by atoms with Crippen LogP contribution in [0.5, 0.6) is 0 Å². The van der Waals surface area contributed by atoms with Crippen LogP contribution in [0.3, 0.4) is 0 Å². The van der Waals surface area contributed by atoms with Crippen molar-refractivity contribution in [2.45, 2.75) is 40.2 Å². The summed E-state index contributed by atoms with van der Waals surface area (Å²) in [6, 6.07) is 6.84. The van der Waals surface area contributed by atoms with Crippen molar-refractivity contribution in [3.63, 3.8) is 0 Å². The van der Waals surface area contributed by atoms with Crippen LogP contribution in [-0.4, -0.2) is 44.2 Å². The number of carbonyl (C=O) groups is 2. The van der Waals surface area contributed by atoms with E-state index in [9.17, 15) is 14.7 Å². The molecule has 1 aliphatic rings. The number of hydrogen-bond acceptors (Lipinski definition) is 5. The first-order valence-electron chi connectivity index (χ1n) is 8.53. The summed E-state index contributed by atoms with van der Waals surface area (Å²) in [5.74, 6) is -0.525. The van der Waals surface area contributed by atoms with Crippen molar-refractivity contribution in [1.82, 2.24) is 14.5 Å². The summed E-state index contributed by atoms with van der Waals surface area (Å²) in [5.41, 5.74) is 1.28. The number of carbonyl (C=O) groups excluding carboxylic acids is 2. The molecule has 1 N–H and O–H groups in total. The van der Waals surface area contributed by atoms with Gasteiger partial charge in [0.25, 0.3) is 11.8 Å². The van der Waals surface area contributed by atoms with Crippen molar-refractivity contribution in [2.24, 2.45) is 5.41 Å². The second-order valence-corrected chi connectivity index (χ2v) is 7.45. The Kier molecular flexibility index (Phi) is 4.93. The Labute approximate surface area is 152 Å². The highest BCUT2D eigenvalue weighted by Gasteiger charge is 2.34. The van der Waals surface area contributed by atoms with E-state index in [1.807, 2.05) is 20.8 Å². The van der Waals surface area contributed by atoms with E-state index in [0.717, 1.165) is 5.69 Å². The number of rotatable bonds is 6. The number of ether oxygens (including phenoxy) is 1. The van der Waals surface area contributed by atoms with Crippen LogP contribution in [-0.2, 0) is 17.9 Å². The first-order valence-corrected chi connectivity index (χ1v) is 8.53. The zero-order valence-corrected chi connectivity index (χ0v) is 15.2. The van der Waals surface area contributed by atoms with Crippen LogP contribution in [0.2, 0.25) is 0 Å². The number of benzene rings is 1. The zero-order chi connectivity index (χ0) is 18.9. The highest BCUT2D eigenvalue weighted by atomic mass is 16.6. The smallest absolute Gasteiger partial charge is 0.261 e. The summed E-state index contributed by atoms with van der Waals surface area (Å²) < 4.78 is 7.13. The lowest BCUT2D eigenvalue weighted by Gasteiger charge is -2.25. The molecule has 0 saturated carbocycles. The Bertz CT molecular complexity index is 787. The van der Waals surface area contributed by atoms with E-state index in [1.54, 1.807) is 41.4 Å². The Morgan fingerprint density at radius 1 is 1.15 bits per heavy atom. The summed E-state index contributed by atoms with van der Waals surface area (Å²) in [4.78, 5) is 30.2. The highest BCUT2D eigenvalue weighted by molar-refractivity contribution is 6.21. The number of fused-ring (bicyclic) bond motifs is 1. The quantitative estimate of drug-likeness (QED) is 0.632. The highest BCUT2D eigenvalue weighted by Crippen LogP contribution is 2.23. The molecule has 26 heavy (non-hydrogen) atoms. The van der Waals surface area contributed by atoms with Crippen molar-refractivity contribution in [1.29, 1.82) is 0 Å². The van der Waals surface area contributed by atoms with Gasteiger partial charge in [0.15, 0.2) is 6.29 Å². The van der Waals surface area contributed by atoms with E-state index in [1.165, 1.54) is 4.90 Å². The first-order chi connectivity index (χ1) is 12.3. The van der Waals surface area contributed by atoms with Gasteiger partial charge in [-0.15, -0.1) is 0 Å². The molecule has 0 bridgehead atoms. The lowest BCUT2D eigenvalue weighted by molar-refractivity contribution is -0.179. The first kappa shape index (κ1) is 18.3. The van der Waals surface area contributed by atoms with E-state index in [2.05, 4.69) is 4.98 Å². The Hall–Kier alpha value is -2.51. The monoisotopic (exact) mass is 357 g/mol. The number of nitrogens with zero attached hydrogens (tertiary/aromatic N) is 3. The van der Waals surface area contributed by atoms with Crippen LogP contribution in [0.1, 0.15) is 47.2 Å². The van der Waals surface area contributed by atoms with Gasteiger partial charge in [-0.05, 0) is 12.1 Å². The van der Waals surface area contributed by atoms with Crippen LogP contribution in [0.4, 0.5) is 0 Å². The third-order valence-corrected chi connectivity index (χ3v) is 4.28. The number of aromatic nitrogens is 2. The summed E-state index contributed by atoms with van der Waals surface area (Å²) in [7, 11) is 0. The molecule has 1 atom stereocenters. The maximum atomic E-state index is 12.3. The Morgan fingerprint density at radius 2 is 1.77 bits per heavy atom. The molecule has 0 aliphatic carbocycles. The third-order valence-electron chi connectivity index (χ3n) is 4.28. The molecular weight excluding hydrogens is 334 g/mol. The summed E-state index contributed by atoms with van der Waals surface area (Å²) in [6.45, 7) is 6.12. The van der Waals surface area contributed by atoms with Crippen molar-refractivity contribution < 1.29 is 19.4 Å². The van der Waals surface area contributed by atoms with Crippen molar-refractivity contribution >= 4 is 11.8 Å². The SMILES string of the molecule is CC(C)(C)C(O)OCn1cnc(CCN2C(=O)c3ccccc3C2=O)c1. The number of imide groups is 1. The van der Waals surface area contributed by atoms with Crippen LogP contribution in [0.25, 0.3) is 0 Å².